The molecule has 3 aromatic rings. The fourth-order valence-electron chi connectivity index (χ4n) is 4.21. The van der Waals surface area contributed by atoms with Crippen LogP contribution < -0.4 is 10.0 Å². The molecule has 4 rings (SSSR count). The zero-order valence-electron chi connectivity index (χ0n) is 19.8. The van der Waals surface area contributed by atoms with Crippen LogP contribution in [0.4, 0.5) is 5.69 Å². The highest BCUT2D eigenvalue weighted by atomic mass is 35.5. The van der Waals surface area contributed by atoms with Gasteiger partial charge in [0.15, 0.2) is 0 Å². The van der Waals surface area contributed by atoms with Gasteiger partial charge in [0.05, 0.1) is 21.2 Å². The maximum Gasteiger partial charge on any atom is 0.261 e. The van der Waals surface area contributed by atoms with Crippen LogP contribution in [0.15, 0.2) is 71.6 Å². The van der Waals surface area contributed by atoms with E-state index in [0.29, 0.717) is 17.8 Å². The summed E-state index contributed by atoms with van der Waals surface area (Å²) in [4.78, 5) is 15.5. The van der Waals surface area contributed by atoms with E-state index in [1.807, 2.05) is 25.1 Å². The van der Waals surface area contributed by atoms with Crippen LogP contribution in [0.1, 0.15) is 46.3 Å². The molecule has 0 bridgehead atoms. The number of hydrogen-bond acceptors (Lipinski definition) is 4. The van der Waals surface area contributed by atoms with E-state index >= 15 is 0 Å². The number of piperidine rings is 1. The molecule has 1 saturated heterocycles. The average Bonchev–Trinajstić information content (AvgIpc) is 2.84. The van der Waals surface area contributed by atoms with Gasteiger partial charge in [-0.25, -0.2) is 8.42 Å². The Morgan fingerprint density at radius 1 is 0.943 bits per heavy atom. The second-order valence-electron chi connectivity index (χ2n) is 8.90. The molecule has 3 aromatic carbocycles. The van der Waals surface area contributed by atoms with E-state index in [-0.39, 0.29) is 15.8 Å². The molecule has 0 unspecified atom stereocenters. The molecule has 0 aromatic heterocycles. The lowest BCUT2D eigenvalue weighted by Gasteiger charge is -2.27. The number of aryl methyl sites for hydroxylation is 1. The number of halogens is 1. The highest BCUT2D eigenvalue weighted by Gasteiger charge is 2.17. The Bertz CT molecular complexity index is 1290. The minimum absolute atomic E-state index is 0.157. The van der Waals surface area contributed by atoms with Gasteiger partial charge >= 0.3 is 0 Å². The number of nitrogens with zero attached hydrogens (tertiary/aromatic N) is 1. The minimum Gasteiger partial charge on any atom is -0.348 e. The first kappa shape index (κ1) is 25.2. The number of nitrogens with one attached hydrogen (secondary N) is 2. The molecule has 184 valence electrons. The smallest absolute Gasteiger partial charge is 0.261 e. The highest BCUT2D eigenvalue weighted by molar-refractivity contribution is 7.92. The van der Waals surface area contributed by atoms with E-state index in [2.05, 4.69) is 21.0 Å². The van der Waals surface area contributed by atoms with Gasteiger partial charge in [-0.2, -0.15) is 0 Å². The Kier molecular flexibility index (Phi) is 8.11. The van der Waals surface area contributed by atoms with Crippen molar-refractivity contribution in [1.29, 1.82) is 0 Å². The van der Waals surface area contributed by atoms with Crippen molar-refractivity contribution >= 4 is 33.2 Å². The Morgan fingerprint density at radius 3 is 2.31 bits per heavy atom. The van der Waals surface area contributed by atoms with Crippen LogP contribution in [0.2, 0.25) is 5.02 Å². The lowest BCUT2D eigenvalue weighted by molar-refractivity contribution is 0.0951. The summed E-state index contributed by atoms with van der Waals surface area (Å²) in [6.07, 6.45) is 3.75. The van der Waals surface area contributed by atoms with Gasteiger partial charge in [-0.1, -0.05) is 60.0 Å². The lowest BCUT2D eigenvalue weighted by Crippen LogP contribution is -2.30. The number of anilines is 1. The van der Waals surface area contributed by atoms with Gasteiger partial charge in [-0.15, -0.1) is 0 Å². The largest absolute Gasteiger partial charge is 0.348 e. The number of amides is 1. The number of carbonyl (C=O) groups is 1. The first-order valence-electron chi connectivity index (χ1n) is 11.8. The summed E-state index contributed by atoms with van der Waals surface area (Å²) in [6, 6.07) is 19.2. The van der Waals surface area contributed by atoms with E-state index in [9.17, 15) is 13.2 Å². The van der Waals surface area contributed by atoms with Crippen LogP contribution in [0.5, 0.6) is 0 Å². The molecule has 1 heterocycles. The molecular formula is C27H30ClN3O3S. The second kappa shape index (κ2) is 11.2. The predicted octanol–water partition coefficient (Wildman–Crippen LogP) is 5.37. The van der Waals surface area contributed by atoms with E-state index in [4.69, 9.17) is 11.6 Å². The van der Waals surface area contributed by atoms with Crippen LogP contribution in [0, 0.1) is 6.92 Å². The summed E-state index contributed by atoms with van der Waals surface area (Å²) in [5.74, 6) is -0.310. The van der Waals surface area contributed by atoms with Crippen molar-refractivity contribution in [2.24, 2.45) is 0 Å². The Balaban J connectivity index is 1.40. The molecule has 0 spiro atoms. The predicted molar refractivity (Wildman–Crippen MR) is 140 cm³/mol. The molecule has 1 aliphatic rings. The topological polar surface area (TPSA) is 78.5 Å². The second-order valence-corrected chi connectivity index (χ2v) is 11.0. The Morgan fingerprint density at radius 2 is 1.63 bits per heavy atom. The molecule has 35 heavy (non-hydrogen) atoms. The van der Waals surface area contributed by atoms with Crippen LogP contribution in [-0.2, 0) is 23.1 Å². The van der Waals surface area contributed by atoms with Gasteiger partial charge in [-0.05, 0) is 74.3 Å². The molecule has 0 aliphatic carbocycles. The van der Waals surface area contributed by atoms with Crippen molar-refractivity contribution in [2.75, 3.05) is 17.8 Å². The van der Waals surface area contributed by atoms with Crippen molar-refractivity contribution < 1.29 is 13.2 Å². The molecule has 6 nitrogen and oxygen atoms in total. The van der Waals surface area contributed by atoms with Crippen molar-refractivity contribution in [3.8, 4) is 0 Å². The van der Waals surface area contributed by atoms with Gasteiger partial charge in [-0.3, -0.25) is 14.4 Å². The molecule has 0 saturated carbocycles. The Labute approximate surface area is 212 Å². The standard InChI is InChI=1S/C27H30ClN3O3S/c1-20-9-12-24(13-10-20)35(33,34)30-23-11-14-25(26(28)17-23)27(32)29-18-21-7-3-4-8-22(21)19-31-15-5-2-6-16-31/h3-4,7-14,17,30H,2,5-6,15-16,18-19H2,1H3,(H,29,32). The minimum atomic E-state index is -3.76. The van der Waals surface area contributed by atoms with E-state index in [1.54, 1.807) is 24.3 Å². The number of benzene rings is 3. The summed E-state index contributed by atoms with van der Waals surface area (Å²) in [5, 5.41) is 3.13. The fourth-order valence-corrected chi connectivity index (χ4v) is 5.52. The SMILES string of the molecule is Cc1ccc(S(=O)(=O)Nc2ccc(C(=O)NCc3ccccc3CN3CCCCC3)c(Cl)c2)cc1. The number of hydrogen-bond donors (Lipinski definition) is 2. The molecule has 8 heteroatoms. The van der Waals surface area contributed by atoms with Crippen molar-refractivity contribution in [3.63, 3.8) is 0 Å². The van der Waals surface area contributed by atoms with Gasteiger partial charge < -0.3 is 5.32 Å². The lowest BCUT2D eigenvalue weighted by atomic mass is 10.0. The van der Waals surface area contributed by atoms with Gasteiger partial charge in [0.1, 0.15) is 0 Å². The van der Waals surface area contributed by atoms with Crippen LogP contribution in [-0.4, -0.2) is 32.3 Å². The third-order valence-electron chi connectivity index (χ3n) is 6.20. The molecule has 0 atom stereocenters. The molecule has 1 fully saturated rings. The molecule has 1 aliphatic heterocycles. The van der Waals surface area contributed by atoms with E-state index in [0.717, 1.165) is 30.8 Å². The number of sulfonamides is 1. The number of rotatable bonds is 8. The van der Waals surface area contributed by atoms with Crippen molar-refractivity contribution in [2.45, 2.75) is 44.2 Å². The van der Waals surface area contributed by atoms with Crippen LogP contribution >= 0.6 is 11.6 Å². The van der Waals surface area contributed by atoms with Crippen LogP contribution in [0.3, 0.4) is 0 Å². The van der Waals surface area contributed by atoms with Crippen LogP contribution in [0.25, 0.3) is 0 Å². The molecule has 2 N–H and O–H groups in total. The van der Waals surface area contributed by atoms with Crippen molar-refractivity contribution in [3.05, 3.63) is 94.0 Å². The molecule has 0 radical (unpaired) electrons. The van der Waals surface area contributed by atoms with Crippen molar-refractivity contribution in [1.82, 2.24) is 10.2 Å². The number of likely N-dealkylation sites (tertiary alicyclic amines) is 1. The van der Waals surface area contributed by atoms with E-state index < -0.39 is 10.0 Å². The summed E-state index contributed by atoms with van der Waals surface area (Å²) in [7, 11) is -3.76. The zero-order chi connectivity index (χ0) is 24.8. The highest BCUT2D eigenvalue weighted by Crippen LogP contribution is 2.24. The summed E-state index contributed by atoms with van der Waals surface area (Å²) in [6.45, 7) is 5.37. The summed E-state index contributed by atoms with van der Waals surface area (Å²) in [5.41, 5.74) is 3.83. The Hall–Kier alpha value is -2.87. The first-order chi connectivity index (χ1) is 16.8. The van der Waals surface area contributed by atoms with E-state index in [1.165, 1.54) is 43.0 Å². The number of carbonyl (C=O) groups excluding carboxylic acids is 1. The maximum atomic E-state index is 12.8. The first-order valence-corrected chi connectivity index (χ1v) is 13.6. The van der Waals surface area contributed by atoms with Gasteiger partial charge in [0, 0.05) is 13.1 Å². The third-order valence-corrected chi connectivity index (χ3v) is 7.91. The maximum absolute atomic E-state index is 12.8. The molecular weight excluding hydrogens is 482 g/mol. The quantitative estimate of drug-likeness (QED) is 0.426. The van der Waals surface area contributed by atoms with Gasteiger partial charge in [0.2, 0.25) is 0 Å². The normalized spacial score (nSPS) is 14.5. The zero-order valence-corrected chi connectivity index (χ0v) is 21.3. The molecule has 1 amide bonds. The average molecular weight is 512 g/mol. The fraction of sp³-hybridized carbons (Fsp3) is 0.296. The monoisotopic (exact) mass is 511 g/mol. The van der Waals surface area contributed by atoms with Gasteiger partial charge in [0.25, 0.3) is 15.9 Å². The summed E-state index contributed by atoms with van der Waals surface area (Å²) < 4.78 is 27.8. The third kappa shape index (κ3) is 6.63. The summed E-state index contributed by atoms with van der Waals surface area (Å²) >= 11 is 6.36.